The maximum absolute atomic E-state index is 13.3. The van der Waals surface area contributed by atoms with E-state index in [9.17, 15) is 4.39 Å². The van der Waals surface area contributed by atoms with E-state index in [0.717, 1.165) is 4.47 Å². The molecule has 0 aliphatic rings. The van der Waals surface area contributed by atoms with Crippen LogP contribution in [0.5, 0.6) is 0 Å². The Balaban J connectivity index is 3.05. The number of benzene rings is 1. The monoisotopic (exact) mass is 263 g/mol. The van der Waals surface area contributed by atoms with Gasteiger partial charge in [0, 0.05) is 10.0 Å². The Labute approximate surface area is 91.5 Å². The van der Waals surface area contributed by atoms with Crippen LogP contribution in [0.1, 0.15) is 10.9 Å². The van der Waals surface area contributed by atoms with Crippen molar-refractivity contribution in [1.29, 1.82) is 0 Å². The molecular weight excluding hydrogens is 253 g/mol. The van der Waals surface area contributed by atoms with Gasteiger partial charge >= 0.3 is 0 Å². The lowest BCUT2D eigenvalue weighted by Crippen LogP contribution is -2.15. The lowest BCUT2D eigenvalue weighted by Gasteiger charge is -2.19. The van der Waals surface area contributed by atoms with E-state index in [2.05, 4.69) is 28.6 Å². The Morgan fingerprint density at radius 2 is 2.08 bits per heavy atom. The second-order valence-corrected chi connectivity index (χ2v) is 4.41. The zero-order chi connectivity index (χ0) is 10.0. The van der Waals surface area contributed by atoms with Gasteiger partial charge in [0.2, 0.25) is 0 Å². The Bertz CT molecular complexity index is 304. The lowest BCUT2D eigenvalue weighted by molar-refractivity contribution is 0.384. The first-order valence-corrected chi connectivity index (χ1v) is 5.12. The van der Waals surface area contributed by atoms with Gasteiger partial charge in [0.25, 0.3) is 0 Å². The predicted octanol–water partition coefficient (Wildman–Crippen LogP) is 3.08. The molecule has 1 aromatic rings. The van der Waals surface area contributed by atoms with E-state index in [-0.39, 0.29) is 11.2 Å². The molecule has 1 aromatic carbocycles. The van der Waals surface area contributed by atoms with Crippen LogP contribution in [0.2, 0.25) is 0 Å². The van der Waals surface area contributed by atoms with Crippen LogP contribution in [0.25, 0.3) is 0 Å². The molecule has 0 bridgehead atoms. The molecule has 0 aliphatic heterocycles. The second-order valence-electron chi connectivity index (χ2n) is 3.00. The smallest absolute Gasteiger partial charge is 0.128 e. The van der Waals surface area contributed by atoms with E-state index in [1.165, 1.54) is 6.07 Å². The maximum Gasteiger partial charge on any atom is 0.128 e. The number of nitrogens with zero attached hydrogens (tertiary/aromatic N) is 1. The van der Waals surface area contributed by atoms with Gasteiger partial charge in [-0.3, -0.25) is 4.90 Å². The van der Waals surface area contributed by atoms with E-state index in [4.69, 9.17) is 0 Å². The van der Waals surface area contributed by atoms with Crippen molar-refractivity contribution in [1.82, 2.24) is 4.90 Å². The predicted molar refractivity (Wildman–Crippen MR) is 59.5 cm³/mol. The summed E-state index contributed by atoms with van der Waals surface area (Å²) in [6, 6.07) is 4.86. The van der Waals surface area contributed by atoms with Crippen molar-refractivity contribution in [2.45, 2.75) is 5.37 Å². The average molecular weight is 264 g/mol. The van der Waals surface area contributed by atoms with Crippen molar-refractivity contribution in [3.05, 3.63) is 34.1 Å². The standard InChI is InChI=1S/C9H11BrFNS/c1-12(2)9(13)7-5-6(10)3-4-8(7)11/h3-5,9,13H,1-2H3. The summed E-state index contributed by atoms with van der Waals surface area (Å²) < 4.78 is 14.1. The van der Waals surface area contributed by atoms with Crippen molar-refractivity contribution in [3.63, 3.8) is 0 Å². The SMILES string of the molecule is CN(C)C(S)c1cc(Br)ccc1F. The zero-order valence-corrected chi connectivity index (χ0v) is 9.94. The fourth-order valence-electron chi connectivity index (χ4n) is 0.991. The molecule has 0 spiro atoms. The molecular formula is C9H11BrFNS. The summed E-state index contributed by atoms with van der Waals surface area (Å²) in [5, 5.41) is -0.211. The molecule has 0 radical (unpaired) electrons. The van der Waals surface area contributed by atoms with Crippen LogP contribution in [0.15, 0.2) is 22.7 Å². The normalized spacial score (nSPS) is 13.4. The fourth-order valence-corrected chi connectivity index (χ4v) is 1.57. The number of halogens is 2. The van der Waals surface area contributed by atoms with Crippen LogP contribution >= 0.6 is 28.6 Å². The lowest BCUT2D eigenvalue weighted by atomic mass is 10.2. The number of rotatable bonds is 2. The molecule has 0 saturated heterocycles. The van der Waals surface area contributed by atoms with Gasteiger partial charge in [-0.25, -0.2) is 4.39 Å². The summed E-state index contributed by atoms with van der Waals surface area (Å²) in [6.07, 6.45) is 0. The van der Waals surface area contributed by atoms with Gasteiger partial charge in [0.05, 0.1) is 5.37 Å². The van der Waals surface area contributed by atoms with Crippen LogP contribution in [-0.4, -0.2) is 19.0 Å². The molecule has 0 heterocycles. The molecule has 0 fully saturated rings. The maximum atomic E-state index is 13.3. The highest BCUT2D eigenvalue weighted by atomic mass is 79.9. The third-order valence-corrected chi connectivity index (χ3v) is 2.96. The third-order valence-electron chi connectivity index (χ3n) is 1.73. The van der Waals surface area contributed by atoms with Crippen LogP contribution in [-0.2, 0) is 0 Å². The minimum atomic E-state index is -0.225. The molecule has 1 rings (SSSR count). The van der Waals surface area contributed by atoms with Crippen molar-refractivity contribution in [3.8, 4) is 0 Å². The summed E-state index contributed by atoms with van der Waals surface area (Å²) >= 11 is 7.59. The molecule has 0 aromatic heterocycles. The molecule has 0 N–H and O–H groups in total. The van der Waals surface area contributed by atoms with Crippen LogP contribution < -0.4 is 0 Å². The van der Waals surface area contributed by atoms with Gasteiger partial charge in [0.1, 0.15) is 5.82 Å². The van der Waals surface area contributed by atoms with Gasteiger partial charge in [-0.2, -0.15) is 12.6 Å². The molecule has 72 valence electrons. The minimum absolute atomic E-state index is 0.211. The number of hydrogen-bond acceptors (Lipinski definition) is 2. The second kappa shape index (κ2) is 4.44. The molecule has 1 atom stereocenters. The highest BCUT2D eigenvalue weighted by Gasteiger charge is 2.13. The van der Waals surface area contributed by atoms with Gasteiger partial charge in [-0.15, -0.1) is 0 Å². The van der Waals surface area contributed by atoms with Crippen molar-refractivity contribution < 1.29 is 4.39 Å². The van der Waals surface area contributed by atoms with Crippen LogP contribution in [0, 0.1) is 5.82 Å². The van der Waals surface area contributed by atoms with Crippen molar-refractivity contribution in [2.24, 2.45) is 0 Å². The fraction of sp³-hybridized carbons (Fsp3) is 0.333. The highest BCUT2D eigenvalue weighted by molar-refractivity contribution is 9.10. The Hall–Kier alpha value is -0.0600. The molecule has 1 unspecified atom stereocenters. The first-order chi connectivity index (χ1) is 6.02. The number of hydrogen-bond donors (Lipinski definition) is 1. The molecule has 13 heavy (non-hydrogen) atoms. The third kappa shape index (κ3) is 2.69. The van der Waals surface area contributed by atoms with Gasteiger partial charge in [-0.1, -0.05) is 15.9 Å². The summed E-state index contributed by atoms with van der Waals surface area (Å²) in [7, 11) is 3.72. The summed E-state index contributed by atoms with van der Waals surface area (Å²) in [6.45, 7) is 0. The Morgan fingerprint density at radius 3 is 2.62 bits per heavy atom. The molecule has 1 nitrogen and oxygen atoms in total. The summed E-state index contributed by atoms with van der Waals surface area (Å²) in [5.74, 6) is -0.225. The average Bonchev–Trinajstić information content (AvgIpc) is 2.08. The quantitative estimate of drug-likeness (QED) is 0.634. The first-order valence-electron chi connectivity index (χ1n) is 3.82. The highest BCUT2D eigenvalue weighted by Crippen LogP contribution is 2.27. The summed E-state index contributed by atoms with van der Waals surface area (Å²) in [4.78, 5) is 1.84. The molecule has 0 aliphatic carbocycles. The van der Waals surface area contributed by atoms with Crippen molar-refractivity contribution >= 4 is 28.6 Å². The van der Waals surface area contributed by atoms with Gasteiger partial charge in [-0.05, 0) is 32.3 Å². The first kappa shape index (κ1) is 11.0. The van der Waals surface area contributed by atoms with E-state index < -0.39 is 0 Å². The molecule has 4 heteroatoms. The van der Waals surface area contributed by atoms with Crippen LogP contribution in [0.4, 0.5) is 4.39 Å². The van der Waals surface area contributed by atoms with Crippen molar-refractivity contribution in [2.75, 3.05) is 14.1 Å². The van der Waals surface area contributed by atoms with E-state index in [0.29, 0.717) is 5.56 Å². The minimum Gasteiger partial charge on any atom is -0.294 e. The zero-order valence-electron chi connectivity index (χ0n) is 7.46. The summed E-state index contributed by atoms with van der Waals surface area (Å²) in [5.41, 5.74) is 0.586. The van der Waals surface area contributed by atoms with Gasteiger partial charge in [0.15, 0.2) is 0 Å². The van der Waals surface area contributed by atoms with E-state index >= 15 is 0 Å². The largest absolute Gasteiger partial charge is 0.294 e. The molecule has 0 amide bonds. The molecule has 0 saturated carbocycles. The van der Waals surface area contributed by atoms with Crippen LogP contribution in [0.3, 0.4) is 0 Å². The topological polar surface area (TPSA) is 3.24 Å². The van der Waals surface area contributed by atoms with E-state index in [1.54, 1.807) is 12.1 Å². The Morgan fingerprint density at radius 1 is 1.46 bits per heavy atom. The van der Waals surface area contributed by atoms with Gasteiger partial charge < -0.3 is 0 Å². The Kier molecular flexibility index (Phi) is 3.76. The number of thiol groups is 1. The van der Waals surface area contributed by atoms with E-state index in [1.807, 2.05) is 19.0 Å².